The summed E-state index contributed by atoms with van der Waals surface area (Å²) in [5, 5.41) is 10.7. The predicted octanol–water partition coefficient (Wildman–Crippen LogP) is 7.91. The summed E-state index contributed by atoms with van der Waals surface area (Å²) in [6, 6.07) is 15.1. The van der Waals surface area contributed by atoms with Gasteiger partial charge in [-0.2, -0.15) is 15.2 Å². The zero-order chi connectivity index (χ0) is 33.6. The number of nitrogen functional groups attached to an aromatic ring is 1. The third-order valence-electron chi connectivity index (χ3n) is 11.0. The summed E-state index contributed by atoms with van der Waals surface area (Å²) in [5.41, 5.74) is 7.54. The Kier molecular flexibility index (Phi) is 7.17. The number of halogens is 3. The first-order chi connectivity index (χ1) is 23.8. The molecule has 9 rings (SSSR count). The number of hydrogen-bond acceptors (Lipinski definition) is 9. The molecule has 6 heterocycles. The van der Waals surface area contributed by atoms with E-state index in [-0.39, 0.29) is 71.6 Å². The number of rotatable bonds is 5. The molecule has 2 N–H and O–H groups in total. The minimum absolute atomic E-state index is 0.00189. The van der Waals surface area contributed by atoms with Crippen LogP contribution in [-0.2, 0) is 0 Å². The molecule has 0 radical (unpaired) electrons. The van der Waals surface area contributed by atoms with Gasteiger partial charge in [-0.3, -0.25) is 4.90 Å². The number of ether oxygens (including phenoxy) is 2. The lowest BCUT2D eigenvalue weighted by molar-refractivity contribution is 0.107. The van der Waals surface area contributed by atoms with Crippen LogP contribution < -0.4 is 20.1 Å². The second-order valence-corrected chi connectivity index (χ2v) is 15.4. The summed E-state index contributed by atoms with van der Waals surface area (Å²) in [6.45, 7) is 5.68. The molecule has 3 fully saturated rings. The van der Waals surface area contributed by atoms with E-state index in [1.807, 2.05) is 18.2 Å². The van der Waals surface area contributed by atoms with Crippen molar-refractivity contribution in [3.05, 3.63) is 70.2 Å². The molecular formula is C37H33ClF2N6O2S. The first-order valence-corrected chi connectivity index (χ1v) is 17.9. The molecule has 12 heteroatoms. The Bertz CT molecular complexity index is 2210. The number of nitriles is 1. The van der Waals surface area contributed by atoms with Gasteiger partial charge in [-0.15, -0.1) is 11.3 Å². The molecule has 49 heavy (non-hydrogen) atoms. The summed E-state index contributed by atoms with van der Waals surface area (Å²) < 4.78 is 45.5. The summed E-state index contributed by atoms with van der Waals surface area (Å²) in [5.74, 6) is 0.270. The first kappa shape index (κ1) is 30.8. The Labute approximate surface area is 291 Å². The minimum atomic E-state index is -0.727. The van der Waals surface area contributed by atoms with Crippen LogP contribution in [0.1, 0.15) is 49.7 Å². The van der Waals surface area contributed by atoms with Gasteiger partial charge >= 0.3 is 6.01 Å². The largest absolute Gasteiger partial charge is 0.489 e. The number of aromatic nitrogens is 2. The molecule has 0 spiro atoms. The van der Waals surface area contributed by atoms with Gasteiger partial charge in [0.05, 0.1) is 32.3 Å². The van der Waals surface area contributed by atoms with Crippen molar-refractivity contribution < 1.29 is 18.3 Å². The van der Waals surface area contributed by atoms with Crippen molar-refractivity contribution in [3.63, 3.8) is 0 Å². The first-order valence-electron chi connectivity index (χ1n) is 16.7. The fraction of sp³-hybridized carbons (Fsp3) is 0.378. The van der Waals surface area contributed by atoms with Crippen LogP contribution in [0.2, 0.25) is 5.02 Å². The normalized spacial score (nSPS) is 24.6. The fourth-order valence-electron chi connectivity index (χ4n) is 8.89. The highest BCUT2D eigenvalue weighted by atomic mass is 35.5. The van der Waals surface area contributed by atoms with Crippen molar-refractivity contribution in [3.8, 4) is 29.0 Å². The van der Waals surface area contributed by atoms with Crippen LogP contribution in [0.3, 0.4) is 0 Å². The van der Waals surface area contributed by atoms with E-state index < -0.39 is 11.6 Å². The van der Waals surface area contributed by atoms with Gasteiger partial charge in [0.25, 0.3) is 0 Å². The van der Waals surface area contributed by atoms with Gasteiger partial charge in [0.15, 0.2) is 11.6 Å². The molecule has 250 valence electrons. The van der Waals surface area contributed by atoms with Crippen molar-refractivity contribution in [2.75, 3.05) is 43.5 Å². The van der Waals surface area contributed by atoms with Crippen LogP contribution >= 0.6 is 22.9 Å². The number of nitrogens with two attached hydrogens (primary N) is 1. The van der Waals surface area contributed by atoms with Crippen molar-refractivity contribution in [2.24, 2.45) is 5.92 Å². The van der Waals surface area contributed by atoms with E-state index in [4.69, 9.17) is 36.8 Å². The Morgan fingerprint density at radius 2 is 2.00 bits per heavy atom. The smallest absolute Gasteiger partial charge is 0.319 e. The van der Waals surface area contributed by atoms with Gasteiger partial charge in [0.2, 0.25) is 0 Å². The highest BCUT2D eigenvalue weighted by Crippen LogP contribution is 2.52. The lowest BCUT2D eigenvalue weighted by atomic mass is 9.92. The Hall–Kier alpha value is -4.24. The maximum Gasteiger partial charge on any atom is 0.319 e. The van der Waals surface area contributed by atoms with Gasteiger partial charge in [-0.1, -0.05) is 54.9 Å². The van der Waals surface area contributed by atoms with E-state index in [2.05, 4.69) is 34.9 Å². The summed E-state index contributed by atoms with van der Waals surface area (Å²) in [4.78, 5) is 14.4. The van der Waals surface area contributed by atoms with Crippen LogP contribution in [0.5, 0.6) is 11.8 Å². The molecule has 3 aromatic carbocycles. The predicted molar refractivity (Wildman–Crippen MR) is 188 cm³/mol. The standard InChI is InChI=1S/C37H33ClF2N6O2S/c1-19-13-37(10-5-11-45(37)15-19)18-48-36-43-31-28-32(47-17-22-12-21(16-46(22)35(28)44-36)20-6-3-2-4-7-20)29(38)27(30(31)40)23-8-9-25(39)33-26(23)24(14-41)34(42)49-33/h2-4,6-9,19,21-22H,5,10-13,15-18,42H2,1H3/t19-,21?,22?,37+/m1/s1. The second-order valence-electron chi connectivity index (χ2n) is 14.0. The number of fused-ring (bicyclic) bond motifs is 4. The molecule has 5 aromatic rings. The van der Waals surface area contributed by atoms with Crippen molar-refractivity contribution in [2.45, 2.75) is 50.1 Å². The van der Waals surface area contributed by atoms with Crippen LogP contribution in [0.25, 0.3) is 32.1 Å². The molecule has 0 saturated carbocycles. The zero-order valence-corrected chi connectivity index (χ0v) is 28.4. The number of thiophene rings is 1. The van der Waals surface area contributed by atoms with E-state index in [1.54, 1.807) is 0 Å². The van der Waals surface area contributed by atoms with Crippen molar-refractivity contribution in [1.82, 2.24) is 14.9 Å². The van der Waals surface area contributed by atoms with Crippen LogP contribution in [0, 0.1) is 28.9 Å². The molecule has 3 saturated heterocycles. The van der Waals surface area contributed by atoms with E-state index in [1.165, 1.54) is 17.7 Å². The topological polar surface area (TPSA) is 101 Å². The third-order valence-corrected chi connectivity index (χ3v) is 12.4. The monoisotopic (exact) mass is 698 g/mol. The highest BCUT2D eigenvalue weighted by Gasteiger charge is 2.48. The van der Waals surface area contributed by atoms with E-state index in [0.29, 0.717) is 36.9 Å². The SMILES string of the molecule is C[C@H]1CN2CCC[C@@]2(COc2nc3c4c(c(Cl)c(-c5ccc(F)c6sc(N)c(C#N)c56)c(F)c4n2)OCC2CC(c4ccccc4)CN32)C1. The lowest BCUT2D eigenvalue weighted by Crippen LogP contribution is -2.43. The van der Waals surface area contributed by atoms with E-state index in [9.17, 15) is 5.26 Å². The third kappa shape index (κ3) is 4.68. The van der Waals surface area contributed by atoms with Gasteiger partial charge in [-0.05, 0) is 55.3 Å². The van der Waals surface area contributed by atoms with Crippen LogP contribution in [0.4, 0.5) is 19.6 Å². The maximum atomic E-state index is 17.3. The van der Waals surface area contributed by atoms with Crippen molar-refractivity contribution >= 4 is 54.7 Å². The molecule has 0 amide bonds. The number of nitrogens with zero attached hydrogens (tertiary/aromatic N) is 5. The molecule has 8 nitrogen and oxygen atoms in total. The zero-order valence-electron chi connectivity index (χ0n) is 26.8. The molecule has 4 aliphatic heterocycles. The number of hydrogen-bond donors (Lipinski definition) is 1. The van der Waals surface area contributed by atoms with Crippen LogP contribution in [-0.4, -0.2) is 59.3 Å². The molecule has 4 atom stereocenters. The van der Waals surface area contributed by atoms with E-state index in [0.717, 1.165) is 50.1 Å². The molecule has 0 bridgehead atoms. The highest BCUT2D eigenvalue weighted by molar-refractivity contribution is 7.23. The summed E-state index contributed by atoms with van der Waals surface area (Å²) in [6.07, 6.45) is 3.97. The average molecular weight is 699 g/mol. The average Bonchev–Trinajstić information content (AvgIpc) is 3.84. The van der Waals surface area contributed by atoms with Gasteiger partial charge in [-0.25, -0.2) is 8.78 Å². The quantitative estimate of drug-likeness (QED) is 0.198. The fourth-order valence-corrected chi connectivity index (χ4v) is 10.2. The Balaban J connectivity index is 1.24. The lowest BCUT2D eigenvalue weighted by Gasteiger charge is -2.31. The minimum Gasteiger partial charge on any atom is -0.489 e. The maximum absolute atomic E-state index is 17.3. The molecular weight excluding hydrogens is 666 g/mol. The summed E-state index contributed by atoms with van der Waals surface area (Å²) >= 11 is 8.06. The Morgan fingerprint density at radius 1 is 1.16 bits per heavy atom. The van der Waals surface area contributed by atoms with Gasteiger partial charge in [0, 0.05) is 30.0 Å². The Morgan fingerprint density at radius 3 is 2.82 bits per heavy atom. The van der Waals surface area contributed by atoms with Crippen LogP contribution in [0.15, 0.2) is 42.5 Å². The number of benzene rings is 3. The second kappa shape index (κ2) is 11.4. The molecule has 2 aromatic heterocycles. The number of anilines is 2. The molecule has 4 aliphatic rings. The molecule has 0 aliphatic carbocycles. The summed E-state index contributed by atoms with van der Waals surface area (Å²) in [7, 11) is 0. The van der Waals surface area contributed by atoms with Crippen molar-refractivity contribution in [1.29, 1.82) is 5.26 Å². The van der Waals surface area contributed by atoms with Gasteiger partial charge < -0.3 is 20.1 Å². The molecule has 2 unspecified atom stereocenters. The van der Waals surface area contributed by atoms with Gasteiger partial charge in [0.1, 0.15) is 41.4 Å². The van der Waals surface area contributed by atoms with E-state index >= 15 is 8.78 Å².